The van der Waals surface area contributed by atoms with E-state index in [4.69, 9.17) is 0 Å². The van der Waals surface area contributed by atoms with Gasteiger partial charge >= 0.3 is 0 Å². The van der Waals surface area contributed by atoms with Gasteiger partial charge in [-0.25, -0.2) is 0 Å². The summed E-state index contributed by atoms with van der Waals surface area (Å²) in [7, 11) is 3.90. The first kappa shape index (κ1) is 19.0. The monoisotopic (exact) mass is 379 g/mol. The molecule has 4 rings (SSSR count). The number of aliphatic imine (C=N–C) groups is 1. The van der Waals surface area contributed by atoms with Crippen molar-refractivity contribution in [3.05, 3.63) is 53.3 Å². The maximum absolute atomic E-state index is 4.62. The molecule has 150 valence electrons. The van der Waals surface area contributed by atoms with Crippen molar-refractivity contribution >= 4 is 5.96 Å². The summed E-state index contributed by atoms with van der Waals surface area (Å²) in [6.07, 6.45) is 10.5. The molecule has 2 aromatic rings. The highest BCUT2D eigenvalue weighted by molar-refractivity contribution is 5.80. The SMILES string of the molecule is CN=C(NCC1(c2cccc(C)c2)CCCC1)N1CCC(c2cnn(C)c2)C1. The van der Waals surface area contributed by atoms with Crippen molar-refractivity contribution in [1.29, 1.82) is 0 Å². The molecule has 1 aromatic carbocycles. The van der Waals surface area contributed by atoms with Crippen LogP contribution in [0.25, 0.3) is 0 Å². The molecule has 0 amide bonds. The van der Waals surface area contributed by atoms with Gasteiger partial charge in [-0.05, 0) is 37.3 Å². The van der Waals surface area contributed by atoms with Crippen LogP contribution in [-0.4, -0.2) is 47.3 Å². The number of hydrogen-bond donors (Lipinski definition) is 1. The number of nitrogens with one attached hydrogen (secondary N) is 1. The summed E-state index contributed by atoms with van der Waals surface area (Å²) in [4.78, 5) is 7.03. The highest BCUT2D eigenvalue weighted by Gasteiger charge is 2.36. The third kappa shape index (κ3) is 3.80. The van der Waals surface area contributed by atoms with Crippen LogP contribution in [-0.2, 0) is 12.5 Å². The summed E-state index contributed by atoms with van der Waals surface area (Å²) in [5.74, 6) is 1.59. The number of likely N-dealkylation sites (tertiary alicyclic amines) is 1. The fourth-order valence-electron chi connectivity index (χ4n) is 5.05. The second-order valence-corrected chi connectivity index (χ2v) is 8.64. The lowest BCUT2D eigenvalue weighted by Gasteiger charge is -2.32. The Morgan fingerprint density at radius 2 is 2.14 bits per heavy atom. The van der Waals surface area contributed by atoms with Crippen LogP contribution in [0, 0.1) is 6.92 Å². The minimum absolute atomic E-state index is 0.241. The van der Waals surface area contributed by atoms with E-state index in [9.17, 15) is 0 Å². The van der Waals surface area contributed by atoms with Crippen molar-refractivity contribution in [2.75, 3.05) is 26.7 Å². The summed E-state index contributed by atoms with van der Waals surface area (Å²) in [5, 5.41) is 8.09. The molecule has 0 bridgehead atoms. The van der Waals surface area contributed by atoms with E-state index in [-0.39, 0.29) is 5.41 Å². The van der Waals surface area contributed by atoms with E-state index in [2.05, 4.69) is 57.7 Å². The number of hydrogen-bond acceptors (Lipinski definition) is 2. The van der Waals surface area contributed by atoms with Gasteiger partial charge in [-0.1, -0.05) is 42.7 Å². The molecule has 5 heteroatoms. The molecule has 2 heterocycles. The minimum atomic E-state index is 0.241. The molecule has 1 atom stereocenters. The van der Waals surface area contributed by atoms with Crippen molar-refractivity contribution in [2.24, 2.45) is 12.0 Å². The Labute approximate surface area is 168 Å². The highest BCUT2D eigenvalue weighted by Crippen LogP contribution is 2.41. The zero-order valence-corrected chi connectivity index (χ0v) is 17.5. The van der Waals surface area contributed by atoms with Gasteiger partial charge in [0, 0.05) is 51.3 Å². The fourth-order valence-corrected chi connectivity index (χ4v) is 5.05. The van der Waals surface area contributed by atoms with Crippen molar-refractivity contribution in [2.45, 2.75) is 50.4 Å². The molecule has 0 spiro atoms. The normalized spacial score (nSPS) is 22.0. The maximum atomic E-state index is 4.62. The van der Waals surface area contributed by atoms with Gasteiger partial charge in [0.15, 0.2) is 5.96 Å². The Kier molecular flexibility index (Phi) is 5.42. The van der Waals surface area contributed by atoms with Crippen molar-refractivity contribution in [1.82, 2.24) is 20.0 Å². The zero-order valence-electron chi connectivity index (χ0n) is 17.5. The number of rotatable bonds is 4. The van der Waals surface area contributed by atoms with Crippen LogP contribution in [0.3, 0.4) is 0 Å². The molecular formula is C23H33N5. The molecule has 28 heavy (non-hydrogen) atoms. The van der Waals surface area contributed by atoms with Gasteiger partial charge in [0.2, 0.25) is 0 Å². The molecule has 0 radical (unpaired) electrons. The van der Waals surface area contributed by atoms with Gasteiger partial charge in [-0.3, -0.25) is 9.67 Å². The van der Waals surface area contributed by atoms with Gasteiger partial charge in [0.05, 0.1) is 6.20 Å². The second-order valence-electron chi connectivity index (χ2n) is 8.64. The first-order chi connectivity index (χ1) is 13.6. The molecule has 1 saturated carbocycles. The summed E-state index contributed by atoms with van der Waals surface area (Å²) < 4.78 is 1.90. The zero-order chi connectivity index (χ0) is 19.6. The van der Waals surface area contributed by atoms with Crippen molar-refractivity contribution < 1.29 is 0 Å². The third-order valence-corrected chi connectivity index (χ3v) is 6.67. The van der Waals surface area contributed by atoms with Gasteiger partial charge in [-0.15, -0.1) is 0 Å². The molecule has 1 unspecified atom stereocenters. The molecule has 1 saturated heterocycles. The van der Waals surface area contributed by atoms with E-state index in [1.165, 1.54) is 42.4 Å². The van der Waals surface area contributed by atoms with Crippen LogP contribution in [0.4, 0.5) is 0 Å². The first-order valence-corrected chi connectivity index (χ1v) is 10.6. The van der Waals surface area contributed by atoms with Gasteiger partial charge < -0.3 is 10.2 Å². The van der Waals surface area contributed by atoms with Crippen LogP contribution >= 0.6 is 0 Å². The molecular weight excluding hydrogens is 346 g/mol. The van der Waals surface area contributed by atoms with E-state index in [1.54, 1.807) is 0 Å². The smallest absolute Gasteiger partial charge is 0.193 e. The lowest BCUT2D eigenvalue weighted by Crippen LogP contribution is -2.46. The topological polar surface area (TPSA) is 45.5 Å². The second kappa shape index (κ2) is 7.98. The van der Waals surface area contributed by atoms with Crippen LogP contribution < -0.4 is 5.32 Å². The van der Waals surface area contributed by atoms with Gasteiger partial charge in [0.25, 0.3) is 0 Å². The van der Waals surface area contributed by atoms with Crippen molar-refractivity contribution in [3.8, 4) is 0 Å². The molecule has 1 aliphatic carbocycles. The molecule has 2 fully saturated rings. The van der Waals surface area contributed by atoms with E-state index >= 15 is 0 Å². The molecule has 5 nitrogen and oxygen atoms in total. The fraction of sp³-hybridized carbons (Fsp3) is 0.565. The molecule has 1 aromatic heterocycles. The molecule has 1 N–H and O–H groups in total. The van der Waals surface area contributed by atoms with E-state index in [0.717, 1.165) is 32.0 Å². The van der Waals surface area contributed by atoms with Crippen LogP contribution in [0.1, 0.15) is 54.7 Å². The quantitative estimate of drug-likeness (QED) is 0.652. The van der Waals surface area contributed by atoms with Crippen LogP contribution in [0.15, 0.2) is 41.7 Å². The summed E-state index contributed by atoms with van der Waals surface area (Å²) >= 11 is 0. The molecule has 2 aliphatic rings. The lowest BCUT2D eigenvalue weighted by atomic mass is 9.78. The largest absolute Gasteiger partial charge is 0.355 e. The van der Waals surface area contributed by atoms with Gasteiger partial charge in [0.1, 0.15) is 0 Å². The Hall–Kier alpha value is -2.30. The Bertz CT molecular complexity index is 831. The maximum Gasteiger partial charge on any atom is 0.193 e. The average Bonchev–Trinajstić information content (AvgIpc) is 3.43. The Balaban J connectivity index is 1.43. The molecule has 1 aliphatic heterocycles. The Morgan fingerprint density at radius 1 is 1.32 bits per heavy atom. The predicted molar refractivity (Wildman–Crippen MR) is 115 cm³/mol. The number of benzene rings is 1. The summed E-state index contributed by atoms with van der Waals surface area (Å²) in [6, 6.07) is 9.10. The summed E-state index contributed by atoms with van der Waals surface area (Å²) in [6.45, 7) is 5.23. The number of aromatic nitrogens is 2. The highest BCUT2D eigenvalue weighted by atomic mass is 15.3. The Morgan fingerprint density at radius 3 is 2.82 bits per heavy atom. The van der Waals surface area contributed by atoms with Crippen molar-refractivity contribution in [3.63, 3.8) is 0 Å². The van der Waals surface area contributed by atoms with E-state index in [0.29, 0.717) is 5.92 Å². The predicted octanol–water partition coefficient (Wildman–Crippen LogP) is 3.61. The van der Waals surface area contributed by atoms with Crippen LogP contribution in [0.2, 0.25) is 0 Å². The van der Waals surface area contributed by atoms with Gasteiger partial charge in [-0.2, -0.15) is 5.10 Å². The standard InChI is InChI=1S/C23H33N5/c1-18-7-6-8-21(13-18)23(10-4-5-11-23)17-25-22(24-2)28-12-9-19(16-28)20-14-26-27(3)15-20/h6-8,13-15,19H,4-5,9-12,16-17H2,1-3H3,(H,24,25). The minimum Gasteiger partial charge on any atom is -0.355 e. The number of nitrogens with zero attached hydrogens (tertiary/aromatic N) is 4. The first-order valence-electron chi connectivity index (χ1n) is 10.6. The number of aryl methyl sites for hydroxylation is 2. The lowest BCUT2D eigenvalue weighted by molar-refractivity contribution is 0.412. The summed E-state index contributed by atoms with van der Waals surface area (Å²) in [5.41, 5.74) is 4.42. The number of guanidine groups is 1. The average molecular weight is 380 g/mol. The van der Waals surface area contributed by atoms with E-state index < -0.39 is 0 Å². The third-order valence-electron chi connectivity index (χ3n) is 6.67. The van der Waals surface area contributed by atoms with E-state index in [1.807, 2.05) is 25.0 Å². The van der Waals surface area contributed by atoms with Crippen LogP contribution in [0.5, 0.6) is 0 Å².